The molecule has 8 heteroatoms. The maximum atomic E-state index is 12.1. The minimum Gasteiger partial charge on any atom is -0.497 e. The van der Waals surface area contributed by atoms with Gasteiger partial charge in [-0.1, -0.05) is 35.3 Å². The molecule has 0 spiro atoms. The van der Waals surface area contributed by atoms with Crippen LogP contribution >= 0.6 is 23.2 Å². The summed E-state index contributed by atoms with van der Waals surface area (Å²) in [6.45, 7) is -0.415. The summed E-state index contributed by atoms with van der Waals surface area (Å²) >= 11 is 12.0. The Morgan fingerprint density at radius 2 is 1.77 bits per heavy atom. The summed E-state index contributed by atoms with van der Waals surface area (Å²) in [5, 5.41) is 3.32. The lowest BCUT2D eigenvalue weighted by Crippen LogP contribution is -2.37. The quantitative estimate of drug-likeness (QED) is 0.777. The zero-order chi connectivity index (χ0) is 19.1. The van der Waals surface area contributed by atoms with Crippen LogP contribution < -0.4 is 14.8 Å². The van der Waals surface area contributed by atoms with E-state index in [9.17, 15) is 9.59 Å². The topological polar surface area (TPSA) is 67.9 Å². The van der Waals surface area contributed by atoms with Crippen molar-refractivity contribution in [3.8, 4) is 11.5 Å². The van der Waals surface area contributed by atoms with E-state index in [1.54, 1.807) is 49.6 Å². The number of nitrogens with zero attached hydrogens (tertiary/aromatic N) is 1. The summed E-state index contributed by atoms with van der Waals surface area (Å²) in [6.07, 6.45) is 0. The van der Waals surface area contributed by atoms with Gasteiger partial charge in [0.15, 0.2) is 12.4 Å². The van der Waals surface area contributed by atoms with Gasteiger partial charge in [0, 0.05) is 18.8 Å². The minimum absolute atomic E-state index is 0.129. The normalized spacial score (nSPS) is 10.2. The van der Waals surface area contributed by atoms with E-state index in [1.165, 1.54) is 11.9 Å². The fraction of sp³-hybridized carbons (Fsp3) is 0.222. The maximum Gasteiger partial charge on any atom is 0.260 e. The second-order valence-corrected chi connectivity index (χ2v) is 6.18. The first kappa shape index (κ1) is 19.9. The van der Waals surface area contributed by atoms with E-state index in [2.05, 4.69) is 5.32 Å². The molecule has 2 rings (SSSR count). The first-order valence-corrected chi connectivity index (χ1v) is 8.41. The molecule has 1 N–H and O–H groups in total. The van der Waals surface area contributed by atoms with Gasteiger partial charge in [-0.05, 0) is 24.3 Å². The van der Waals surface area contributed by atoms with Crippen molar-refractivity contribution in [3.05, 3.63) is 52.5 Å². The first-order chi connectivity index (χ1) is 12.4. The van der Waals surface area contributed by atoms with Crippen LogP contribution in [0.25, 0.3) is 0 Å². The van der Waals surface area contributed by atoms with Gasteiger partial charge in [0.2, 0.25) is 5.91 Å². The van der Waals surface area contributed by atoms with Crippen molar-refractivity contribution >= 4 is 40.7 Å². The molecule has 0 aliphatic carbocycles. The summed E-state index contributed by atoms with van der Waals surface area (Å²) in [7, 11) is 3.05. The number of hydrogen-bond donors (Lipinski definition) is 1. The SMILES string of the molecule is COc1cccc(NC(=O)CN(C)C(=O)COc2c(Cl)cccc2Cl)c1. The number of carbonyl (C=O) groups excluding carboxylic acids is 2. The Hall–Kier alpha value is -2.44. The van der Waals surface area contributed by atoms with Crippen molar-refractivity contribution in [3.63, 3.8) is 0 Å². The molecule has 0 heterocycles. The summed E-state index contributed by atoms with van der Waals surface area (Å²) < 4.78 is 10.5. The Kier molecular flexibility index (Phi) is 7.12. The summed E-state index contributed by atoms with van der Waals surface area (Å²) in [6, 6.07) is 11.8. The molecule has 0 atom stereocenters. The number of rotatable bonds is 7. The number of amides is 2. The zero-order valence-corrected chi connectivity index (χ0v) is 15.8. The van der Waals surface area contributed by atoms with Crippen molar-refractivity contribution in [2.45, 2.75) is 0 Å². The third kappa shape index (κ3) is 5.54. The van der Waals surface area contributed by atoms with Crippen LogP contribution in [0.15, 0.2) is 42.5 Å². The number of ether oxygens (including phenoxy) is 2. The lowest BCUT2D eigenvalue weighted by molar-refractivity contribution is -0.135. The average molecular weight is 397 g/mol. The highest BCUT2D eigenvalue weighted by atomic mass is 35.5. The second kappa shape index (κ2) is 9.31. The number of halogens is 2. The number of carbonyl (C=O) groups is 2. The van der Waals surface area contributed by atoms with Crippen molar-refractivity contribution in [2.75, 3.05) is 32.6 Å². The Morgan fingerprint density at radius 3 is 2.42 bits per heavy atom. The molecule has 0 saturated heterocycles. The number of methoxy groups -OCH3 is 1. The van der Waals surface area contributed by atoms with Crippen LogP contribution in [0.5, 0.6) is 11.5 Å². The van der Waals surface area contributed by atoms with Crippen molar-refractivity contribution < 1.29 is 19.1 Å². The summed E-state index contributed by atoms with van der Waals surface area (Å²) in [5.74, 6) is 0.127. The average Bonchev–Trinajstić information content (AvgIpc) is 2.61. The fourth-order valence-electron chi connectivity index (χ4n) is 2.07. The Labute approximate surface area is 161 Å². The van der Waals surface area contributed by atoms with Crippen molar-refractivity contribution in [2.24, 2.45) is 0 Å². The van der Waals surface area contributed by atoms with E-state index >= 15 is 0 Å². The van der Waals surface area contributed by atoms with Crippen LogP contribution in [0.3, 0.4) is 0 Å². The molecule has 2 aromatic carbocycles. The first-order valence-electron chi connectivity index (χ1n) is 7.65. The maximum absolute atomic E-state index is 12.1. The van der Waals surface area contributed by atoms with Crippen molar-refractivity contribution in [1.82, 2.24) is 4.90 Å². The van der Waals surface area contributed by atoms with Crippen LogP contribution in [0, 0.1) is 0 Å². The smallest absolute Gasteiger partial charge is 0.260 e. The molecular weight excluding hydrogens is 379 g/mol. The molecule has 0 aromatic heterocycles. The fourth-order valence-corrected chi connectivity index (χ4v) is 2.58. The summed E-state index contributed by atoms with van der Waals surface area (Å²) in [4.78, 5) is 25.5. The van der Waals surface area contributed by atoms with Gasteiger partial charge in [-0.25, -0.2) is 0 Å². The van der Waals surface area contributed by atoms with Gasteiger partial charge >= 0.3 is 0 Å². The van der Waals surface area contributed by atoms with E-state index in [4.69, 9.17) is 32.7 Å². The molecule has 0 bridgehead atoms. The van der Waals surface area contributed by atoms with Crippen LogP contribution in [-0.4, -0.2) is 44.0 Å². The van der Waals surface area contributed by atoms with E-state index in [0.29, 0.717) is 21.5 Å². The number of anilines is 1. The standard InChI is InChI=1S/C18H18Cl2N2O4/c1-22(10-16(23)21-12-5-3-6-13(9-12)25-2)17(24)11-26-18-14(19)7-4-8-15(18)20/h3-9H,10-11H2,1-2H3,(H,21,23). The van der Waals surface area contributed by atoms with Crippen LogP contribution in [0.2, 0.25) is 10.0 Å². The van der Waals surface area contributed by atoms with Gasteiger partial charge in [0.25, 0.3) is 5.91 Å². The molecule has 2 aromatic rings. The molecule has 0 aliphatic rings. The minimum atomic E-state index is -0.387. The monoisotopic (exact) mass is 396 g/mol. The number of likely N-dealkylation sites (N-methyl/N-ethyl adjacent to an activating group) is 1. The molecule has 0 fully saturated rings. The molecule has 0 saturated carbocycles. The Balaban J connectivity index is 1.87. The van der Waals surface area contributed by atoms with Gasteiger partial charge in [-0.2, -0.15) is 0 Å². The predicted molar refractivity (Wildman–Crippen MR) is 101 cm³/mol. The molecule has 0 unspecified atom stereocenters. The number of para-hydroxylation sites is 1. The van der Waals surface area contributed by atoms with E-state index in [-0.39, 0.29) is 30.7 Å². The van der Waals surface area contributed by atoms with Gasteiger partial charge in [0.05, 0.1) is 23.7 Å². The Bertz CT molecular complexity index is 778. The zero-order valence-electron chi connectivity index (χ0n) is 14.3. The molecule has 0 radical (unpaired) electrons. The van der Waals surface area contributed by atoms with Crippen LogP contribution in [0.4, 0.5) is 5.69 Å². The van der Waals surface area contributed by atoms with Crippen LogP contribution in [-0.2, 0) is 9.59 Å². The second-order valence-electron chi connectivity index (χ2n) is 5.37. The Morgan fingerprint density at radius 1 is 1.12 bits per heavy atom. The third-order valence-electron chi connectivity index (χ3n) is 3.42. The lowest BCUT2D eigenvalue weighted by atomic mass is 10.3. The van der Waals surface area contributed by atoms with E-state index in [0.717, 1.165) is 0 Å². The summed E-state index contributed by atoms with van der Waals surface area (Å²) in [5.41, 5.74) is 0.578. The predicted octanol–water partition coefficient (Wildman–Crippen LogP) is 3.48. The van der Waals surface area contributed by atoms with E-state index in [1.807, 2.05) is 0 Å². The highest BCUT2D eigenvalue weighted by Gasteiger charge is 2.15. The number of benzene rings is 2. The third-order valence-corrected chi connectivity index (χ3v) is 4.01. The molecule has 0 aliphatic heterocycles. The van der Waals surface area contributed by atoms with Crippen LogP contribution in [0.1, 0.15) is 0 Å². The number of nitrogens with one attached hydrogen (secondary N) is 1. The highest BCUT2D eigenvalue weighted by molar-refractivity contribution is 6.37. The van der Waals surface area contributed by atoms with Gasteiger partial charge in [0.1, 0.15) is 5.75 Å². The molecule has 2 amide bonds. The van der Waals surface area contributed by atoms with Gasteiger partial charge in [-0.3, -0.25) is 9.59 Å². The molecule has 26 heavy (non-hydrogen) atoms. The lowest BCUT2D eigenvalue weighted by Gasteiger charge is -2.18. The van der Waals surface area contributed by atoms with Gasteiger partial charge < -0.3 is 19.7 Å². The van der Waals surface area contributed by atoms with Gasteiger partial charge in [-0.15, -0.1) is 0 Å². The molecular formula is C18H18Cl2N2O4. The largest absolute Gasteiger partial charge is 0.497 e. The highest BCUT2D eigenvalue weighted by Crippen LogP contribution is 2.32. The molecule has 6 nitrogen and oxygen atoms in total. The number of hydrogen-bond acceptors (Lipinski definition) is 4. The van der Waals surface area contributed by atoms with E-state index < -0.39 is 0 Å². The molecule has 138 valence electrons. The van der Waals surface area contributed by atoms with Crippen molar-refractivity contribution in [1.29, 1.82) is 0 Å².